The molecule has 216 valence electrons. The molecule has 4 aliphatic heterocycles. The molecule has 1 saturated carbocycles. The highest BCUT2D eigenvalue weighted by Gasteiger charge is 2.52. The summed E-state index contributed by atoms with van der Waals surface area (Å²) < 4.78 is 11.4. The topological polar surface area (TPSA) is 125 Å². The van der Waals surface area contributed by atoms with Crippen molar-refractivity contribution in [1.29, 1.82) is 0 Å². The second-order valence-corrected chi connectivity index (χ2v) is 13.3. The Bertz CT molecular complexity index is 1200. The summed E-state index contributed by atoms with van der Waals surface area (Å²) in [6, 6.07) is 3.19. The van der Waals surface area contributed by atoms with Crippen LogP contribution in [-0.2, 0) is 9.53 Å². The summed E-state index contributed by atoms with van der Waals surface area (Å²) in [6.07, 6.45) is 7.21. The van der Waals surface area contributed by atoms with Gasteiger partial charge in [-0.25, -0.2) is 14.6 Å². The zero-order valence-corrected chi connectivity index (χ0v) is 24.1. The molecule has 3 saturated heterocycles. The number of pyridine rings is 1. The van der Waals surface area contributed by atoms with Gasteiger partial charge in [-0.3, -0.25) is 9.69 Å². The fraction of sp³-hybridized carbons (Fsp3) is 0.643. The zero-order valence-electron chi connectivity index (χ0n) is 23.3. The molecule has 11 nitrogen and oxygen atoms in total. The summed E-state index contributed by atoms with van der Waals surface area (Å²) in [5.74, 6) is 0.324. The molecule has 4 fully saturated rings. The Hall–Kier alpha value is -2.99. The number of nitrogens with one attached hydrogen (secondary N) is 3. The van der Waals surface area contributed by atoms with Gasteiger partial charge in [0.25, 0.3) is 5.91 Å². The molecule has 5 aliphatic rings. The quantitative estimate of drug-likeness (QED) is 0.493. The predicted octanol–water partition coefficient (Wildman–Crippen LogP) is 3.32. The van der Waals surface area contributed by atoms with E-state index in [0.29, 0.717) is 29.6 Å². The Kier molecular flexibility index (Phi) is 7.32. The Morgan fingerprint density at radius 3 is 2.67 bits per heavy atom. The van der Waals surface area contributed by atoms with Crippen molar-refractivity contribution in [3.05, 3.63) is 28.9 Å². The van der Waals surface area contributed by atoms with Crippen molar-refractivity contribution in [3.8, 4) is 5.88 Å². The molecule has 6 rings (SSSR count). The molecular formula is C28H38N6O5S. The highest BCUT2D eigenvalue weighted by atomic mass is 32.2. The van der Waals surface area contributed by atoms with Gasteiger partial charge in [0, 0.05) is 36.8 Å². The number of likely N-dealkylation sites (tertiary alicyclic amines) is 1. The highest BCUT2D eigenvalue weighted by molar-refractivity contribution is 8.04. The number of aromatic nitrogens is 1. The summed E-state index contributed by atoms with van der Waals surface area (Å²) in [6.45, 7) is 7.28. The number of amides is 4. The molecule has 4 atom stereocenters. The average molecular weight is 571 g/mol. The first-order chi connectivity index (χ1) is 19.2. The van der Waals surface area contributed by atoms with Crippen molar-refractivity contribution >= 4 is 35.5 Å². The third-order valence-corrected chi connectivity index (χ3v) is 9.45. The molecule has 1 aromatic heterocycles. The minimum absolute atomic E-state index is 0.0172. The summed E-state index contributed by atoms with van der Waals surface area (Å²) in [5.41, 5.74) is 0.828. The van der Waals surface area contributed by atoms with Crippen LogP contribution in [0.15, 0.2) is 28.9 Å². The van der Waals surface area contributed by atoms with Crippen LogP contribution in [0.3, 0.4) is 0 Å². The van der Waals surface area contributed by atoms with Crippen molar-refractivity contribution in [3.63, 3.8) is 0 Å². The van der Waals surface area contributed by atoms with E-state index in [0.717, 1.165) is 44.3 Å². The van der Waals surface area contributed by atoms with E-state index in [2.05, 4.69) is 20.9 Å². The molecule has 0 bridgehead atoms. The molecule has 12 heteroatoms. The van der Waals surface area contributed by atoms with E-state index in [1.54, 1.807) is 16.0 Å². The van der Waals surface area contributed by atoms with Crippen LogP contribution >= 0.6 is 11.8 Å². The van der Waals surface area contributed by atoms with Crippen LogP contribution in [0.25, 0.3) is 0 Å². The lowest BCUT2D eigenvalue weighted by molar-refractivity contribution is -0.118. The number of nitrogens with zero attached hydrogens (tertiary/aromatic N) is 3. The van der Waals surface area contributed by atoms with Crippen LogP contribution in [-0.4, -0.2) is 76.7 Å². The van der Waals surface area contributed by atoms with Crippen molar-refractivity contribution in [2.75, 3.05) is 24.5 Å². The van der Waals surface area contributed by atoms with Crippen LogP contribution in [0.4, 0.5) is 15.3 Å². The molecule has 40 heavy (non-hydrogen) atoms. The zero-order chi connectivity index (χ0) is 28.0. The molecule has 0 aromatic carbocycles. The molecule has 4 amide bonds. The fourth-order valence-electron chi connectivity index (χ4n) is 6.01. The molecule has 1 aliphatic carbocycles. The molecule has 3 N–H and O–H groups in total. The van der Waals surface area contributed by atoms with E-state index in [4.69, 9.17) is 9.47 Å². The van der Waals surface area contributed by atoms with Crippen LogP contribution in [0, 0.1) is 5.92 Å². The van der Waals surface area contributed by atoms with Gasteiger partial charge in [-0.05, 0) is 71.9 Å². The molecule has 1 aromatic rings. The standard InChI is InChI=1S/C28H38N6O5S/c1-28(2,3)39-27(37)33-13-5-6-16(15-33)31-24(35)23-22-21-19(11-12-29-25(21)40-23)34(26(36)32-22)17-9-10-20(30-14-17)38-18-7-4-8-18/h9-10,14,16,18-19,21,25,29H,4-8,11-13,15H2,1-3H3,(H,31,35)(H,32,36)/t16-,19?,21?,25?/m1/s1. The van der Waals surface area contributed by atoms with Gasteiger partial charge < -0.3 is 30.3 Å². The summed E-state index contributed by atoms with van der Waals surface area (Å²) in [4.78, 5) is 48.0. The number of anilines is 1. The minimum atomic E-state index is -0.574. The van der Waals surface area contributed by atoms with Gasteiger partial charge in [0.15, 0.2) is 0 Å². The van der Waals surface area contributed by atoms with Crippen LogP contribution in [0.5, 0.6) is 5.88 Å². The molecule has 3 unspecified atom stereocenters. The monoisotopic (exact) mass is 570 g/mol. The maximum absolute atomic E-state index is 13.5. The van der Waals surface area contributed by atoms with Crippen LogP contribution in [0.1, 0.15) is 59.3 Å². The molecule has 0 spiro atoms. The number of carbonyl (C=O) groups excluding carboxylic acids is 3. The van der Waals surface area contributed by atoms with Crippen LogP contribution < -0.4 is 25.6 Å². The molecule has 5 heterocycles. The molecule has 0 radical (unpaired) electrons. The van der Waals surface area contributed by atoms with Gasteiger partial charge in [0.1, 0.15) is 11.7 Å². The van der Waals surface area contributed by atoms with E-state index in [-0.39, 0.29) is 47.5 Å². The normalized spacial score (nSPS) is 28.4. The second-order valence-electron chi connectivity index (χ2n) is 12.2. The first kappa shape index (κ1) is 27.2. The third kappa shape index (κ3) is 5.47. The van der Waals surface area contributed by atoms with E-state index >= 15 is 0 Å². The Morgan fingerprint density at radius 1 is 1.15 bits per heavy atom. The number of piperidine rings is 2. The van der Waals surface area contributed by atoms with E-state index in [1.165, 1.54) is 18.2 Å². The lowest BCUT2D eigenvalue weighted by Gasteiger charge is -2.45. The Morgan fingerprint density at radius 2 is 1.98 bits per heavy atom. The van der Waals surface area contributed by atoms with Gasteiger partial charge in [-0.1, -0.05) is 11.8 Å². The number of urea groups is 1. The van der Waals surface area contributed by atoms with Crippen LogP contribution in [0.2, 0.25) is 0 Å². The number of ether oxygens (including phenoxy) is 2. The van der Waals surface area contributed by atoms with Crippen molar-refractivity contribution in [2.45, 2.75) is 88.5 Å². The number of hydrogen-bond donors (Lipinski definition) is 3. The predicted molar refractivity (Wildman–Crippen MR) is 151 cm³/mol. The number of hydrogen-bond acceptors (Lipinski definition) is 8. The first-order valence-corrected chi connectivity index (χ1v) is 15.2. The smallest absolute Gasteiger partial charge is 0.410 e. The fourth-order valence-corrected chi connectivity index (χ4v) is 7.40. The summed E-state index contributed by atoms with van der Waals surface area (Å²) in [5, 5.41) is 9.68. The van der Waals surface area contributed by atoms with Crippen molar-refractivity contribution in [1.82, 2.24) is 25.8 Å². The Balaban J connectivity index is 1.15. The maximum Gasteiger partial charge on any atom is 0.410 e. The van der Waals surface area contributed by atoms with Crippen molar-refractivity contribution in [2.24, 2.45) is 5.92 Å². The van der Waals surface area contributed by atoms with Gasteiger partial charge in [0.2, 0.25) is 5.88 Å². The SMILES string of the molecule is CC(C)(C)OC(=O)N1CCC[C@@H](NC(=O)C2=C3NC(=O)N(c4ccc(OC5CCC5)nc4)C4CCNC(S2)C34)C1. The average Bonchev–Trinajstić information content (AvgIpc) is 3.26. The minimum Gasteiger partial charge on any atom is -0.474 e. The number of thioether (sulfide) groups is 1. The summed E-state index contributed by atoms with van der Waals surface area (Å²) >= 11 is 1.47. The first-order valence-electron chi connectivity index (χ1n) is 14.3. The third-order valence-electron chi connectivity index (χ3n) is 8.09. The number of rotatable bonds is 5. The van der Waals surface area contributed by atoms with Gasteiger partial charge in [-0.15, -0.1) is 0 Å². The lowest BCUT2D eigenvalue weighted by atomic mass is 9.86. The summed E-state index contributed by atoms with van der Waals surface area (Å²) in [7, 11) is 0. The lowest BCUT2D eigenvalue weighted by Crippen LogP contribution is -2.62. The largest absolute Gasteiger partial charge is 0.474 e. The maximum atomic E-state index is 13.5. The van der Waals surface area contributed by atoms with Gasteiger partial charge >= 0.3 is 12.1 Å². The Labute approximate surface area is 238 Å². The van der Waals surface area contributed by atoms with E-state index in [9.17, 15) is 14.4 Å². The second kappa shape index (κ2) is 10.8. The van der Waals surface area contributed by atoms with Crippen molar-refractivity contribution < 1.29 is 23.9 Å². The van der Waals surface area contributed by atoms with Gasteiger partial charge in [0.05, 0.1) is 28.2 Å². The van der Waals surface area contributed by atoms with E-state index < -0.39 is 5.60 Å². The highest BCUT2D eigenvalue weighted by Crippen LogP contribution is 2.48. The number of carbonyl (C=O) groups is 3. The molecular weight excluding hydrogens is 532 g/mol. The van der Waals surface area contributed by atoms with E-state index in [1.807, 2.05) is 32.9 Å². The van der Waals surface area contributed by atoms with Gasteiger partial charge in [-0.2, -0.15) is 0 Å².